The molecule has 15 atom stereocenters. The Bertz CT molecular complexity index is 1970. The van der Waals surface area contributed by atoms with E-state index in [-0.39, 0.29) is 60.3 Å². The van der Waals surface area contributed by atoms with Gasteiger partial charge >= 0.3 is 47.2 Å². The number of esters is 2. The second kappa shape index (κ2) is 23.2. The monoisotopic (exact) mass is 915 g/mol. The molecule has 0 spiro atoms. The Hall–Kier alpha value is -3.62. The van der Waals surface area contributed by atoms with Crippen LogP contribution in [0.5, 0.6) is 0 Å². The molecule has 2 saturated carbocycles. The van der Waals surface area contributed by atoms with E-state index in [0.717, 1.165) is 32.4 Å². The largest absolute Gasteiger partial charge is 1.00 e. The van der Waals surface area contributed by atoms with Crippen molar-refractivity contribution in [3.63, 3.8) is 0 Å². The summed E-state index contributed by atoms with van der Waals surface area (Å²) in [5.41, 5.74) is -2.41. The molecule has 23 heteroatoms. The van der Waals surface area contributed by atoms with Crippen LogP contribution in [0.3, 0.4) is 0 Å². The molecule has 0 bridgehead atoms. The molecule has 0 unspecified atom stereocenters. The molecule has 1 aromatic carbocycles. The van der Waals surface area contributed by atoms with E-state index in [1.807, 2.05) is 4.98 Å². The fraction of sp³-hybridized carbons (Fsp3) is 0.659. The van der Waals surface area contributed by atoms with Gasteiger partial charge in [-0.1, -0.05) is 50.3 Å². The first kappa shape index (κ1) is 51.4. The van der Waals surface area contributed by atoms with Gasteiger partial charge in [-0.05, 0) is 44.2 Å². The molecule has 1 amide bonds. The Morgan fingerprint density at radius 2 is 1.58 bits per heavy atom. The van der Waals surface area contributed by atoms with Crippen molar-refractivity contribution < 1.29 is 113 Å². The molecule has 8 N–H and O–H groups in total. The number of benzene rings is 1. The molecular weight excluding hydrogens is 861 g/mol. The van der Waals surface area contributed by atoms with E-state index in [9.17, 15) is 59.4 Å². The second-order valence-electron chi connectivity index (χ2n) is 16.3. The number of ether oxygens (including phenoxy) is 7. The average Bonchev–Trinajstić information content (AvgIpc) is 3.26. The number of aliphatic hydroxyl groups excluding tert-OH is 5. The first-order valence-corrected chi connectivity index (χ1v) is 20.9. The van der Waals surface area contributed by atoms with Crippen LogP contribution < -0.4 is 51.2 Å². The molecular formula is C41H54N3NaO19. The van der Waals surface area contributed by atoms with Gasteiger partial charge < -0.3 is 78.9 Å². The SMILES string of the molecule is COC(=O)[C@@H]1C[C@H](NC(=O)c2cc(=O)[nH]c(=O)[nH]2)[C@@H](O[C@@H]2O[C@@H](C)[C@@H](O)[C@@H](O)[C@@H]2O)[C@H](O[C@@H]2O[C@H](CO)[C@H](O)[C@H](O[C@@H](CC3CCCCC3)C(=O)[O-])[C@H]2OC(=O)c2ccccc2)C1.[Na+]. The zero-order valence-corrected chi connectivity index (χ0v) is 37.5. The van der Waals surface area contributed by atoms with Crippen molar-refractivity contribution in [2.45, 2.75) is 144 Å². The number of methoxy groups -OCH3 is 1. The van der Waals surface area contributed by atoms with Gasteiger partial charge in [0.15, 0.2) is 18.7 Å². The average molecular weight is 916 g/mol. The van der Waals surface area contributed by atoms with Gasteiger partial charge in [-0.15, -0.1) is 0 Å². The van der Waals surface area contributed by atoms with E-state index in [1.54, 1.807) is 18.2 Å². The van der Waals surface area contributed by atoms with E-state index >= 15 is 0 Å². The number of H-pyrrole nitrogens is 2. The maximum absolute atomic E-state index is 13.8. The summed E-state index contributed by atoms with van der Waals surface area (Å²) < 4.78 is 41.6. The summed E-state index contributed by atoms with van der Waals surface area (Å²) >= 11 is 0. The Morgan fingerprint density at radius 1 is 0.875 bits per heavy atom. The van der Waals surface area contributed by atoms with Crippen molar-refractivity contribution in [3.05, 3.63) is 68.5 Å². The molecule has 0 radical (unpaired) electrons. The summed E-state index contributed by atoms with van der Waals surface area (Å²) in [5.74, 6) is -5.63. The molecule has 22 nitrogen and oxygen atoms in total. The molecule has 1 aromatic heterocycles. The Balaban J connectivity index is 0.00000771. The number of aromatic amines is 2. The number of carbonyl (C=O) groups excluding carboxylic acids is 4. The van der Waals surface area contributed by atoms with Gasteiger partial charge in [-0.2, -0.15) is 0 Å². The molecule has 3 heterocycles. The minimum absolute atomic E-state index is 0. The van der Waals surface area contributed by atoms with Crippen molar-refractivity contribution in [2.75, 3.05) is 13.7 Å². The predicted molar refractivity (Wildman–Crippen MR) is 208 cm³/mol. The number of hydrogen-bond donors (Lipinski definition) is 8. The number of amides is 1. The molecule has 4 aliphatic rings. The van der Waals surface area contributed by atoms with Crippen LogP contribution in [0.2, 0.25) is 0 Å². The van der Waals surface area contributed by atoms with Gasteiger partial charge in [0.25, 0.3) is 11.5 Å². The first-order chi connectivity index (χ1) is 30.1. The summed E-state index contributed by atoms with van der Waals surface area (Å²) in [5, 5.41) is 69.4. The topological polar surface area (TPSA) is 335 Å². The summed E-state index contributed by atoms with van der Waals surface area (Å²) in [4.78, 5) is 81.7. The molecule has 2 aromatic rings. The number of carboxylic acids is 1. The standard InChI is InChI=1S/C41H55N3O19.Na/c1-18-28(47)30(49)31(50)39(58-18)63-32-22(42-35(51)23-16-27(46)44-41(56)43-23)14-21(37(54)57-2)15-24(32)60-40-34(62-38(55)20-11-7-4-8-12-20)33(29(48)26(17-45)61-40)59-25(36(52)53)13-19-9-5-3-6-10-19;/h4,7-8,11-12,16,18-19,21-22,24-26,28-34,39-40,45,47-50H,3,5-6,9-10,13-15,17H2,1-2H3,(H,42,51)(H,52,53)(H2,43,44,46,56);/q;+1/p-1/t18-,21+,22-,24+,25-,26+,28+,29-,30+,31-,32+,33-,34+,39-,40+;/m0./s1. The number of carboxylic acid groups (broad SMARTS) is 1. The van der Waals surface area contributed by atoms with E-state index in [4.69, 9.17) is 33.2 Å². The third-order valence-corrected chi connectivity index (χ3v) is 12.0. The van der Waals surface area contributed by atoms with Crippen molar-refractivity contribution in [1.82, 2.24) is 15.3 Å². The van der Waals surface area contributed by atoms with Crippen molar-refractivity contribution >= 4 is 23.8 Å². The van der Waals surface area contributed by atoms with Crippen LogP contribution in [0.4, 0.5) is 0 Å². The molecule has 64 heavy (non-hydrogen) atoms. The Labute approximate surface area is 388 Å². The fourth-order valence-electron chi connectivity index (χ4n) is 8.64. The van der Waals surface area contributed by atoms with E-state index in [2.05, 4.69) is 10.3 Å². The van der Waals surface area contributed by atoms with Crippen LogP contribution in [-0.4, -0.2) is 159 Å². The number of rotatable bonds is 15. The summed E-state index contributed by atoms with van der Waals surface area (Å²) in [6.45, 7) is 0.499. The normalized spacial score (nSPS) is 33.8. The maximum atomic E-state index is 13.8. The quantitative estimate of drug-likeness (QED) is 0.0609. The van der Waals surface area contributed by atoms with Gasteiger partial charge in [0.2, 0.25) is 0 Å². The molecule has 6 rings (SSSR count). The van der Waals surface area contributed by atoms with Crippen LogP contribution in [0, 0.1) is 11.8 Å². The maximum Gasteiger partial charge on any atom is 1.00 e. The summed E-state index contributed by atoms with van der Waals surface area (Å²) in [6.07, 6.45) is -18.1. The number of aliphatic hydroxyl groups is 5. The van der Waals surface area contributed by atoms with Crippen molar-refractivity contribution in [1.29, 1.82) is 0 Å². The number of aromatic nitrogens is 2. The van der Waals surface area contributed by atoms with Crippen LogP contribution in [-0.2, 0) is 42.7 Å². The van der Waals surface area contributed by atoms with Gasteiger partial charge in [0, 0.05) is 6.07 Å². The zero-order valence-electron chi connectivity index (χ0n) is 35.5. The number of hydrogen-bond acceptors (Lipinski definition) is 19. The third kappa shape index (κ3) is 12.4. The molecule has 4 fully saturated rings. The Morgan fingerprint density at radius 3 is 2.22 bits per heavy atom. The van der Waals surface area contributed by atoms with Crippen molar-refractivity contribution in [3.8, 4) is 0 Å². The van der Waals surface area contributed by atoms with E-state index < -0.39 is 139 Å². The number of carbonyl (C=O) groups is 4. The molecule has 2 aliphatic carbocycles. The minimum Gasteiger partial charge on any atom is -0.547 e. The van der Waals surface area contributed by atoms with Crippen molar-refractivity contribution in [2.24, 2.45) is 11.8 Å². The molecule has 348 valence electrons. The minimum atomic E-state index is -1.90. The van der Waals surface area contributed by atoms with Crippen LogP contribution in [0.1, 0.15) is 79.1 Å². The van der Waals surface area contributed by atoms with Gasteiger partial charge in [-0.3, -0.25) is 19.4 Å². The smallest absolute Gasteiger partial charge is 0.547 e. The Kier molecular flexibility index (Phi) is 18.6. The van der Waals surface area contributed by atoms with Gasteiger partial charge in [0.05, 0.1) is 55.5 Å². The van der Waals surface area contributed by atoms with Crippen LogP contribution in [0.15, 0.2) is 46.0 Å². The number of nitrogens with one attached hydrogen (secondary N) is 3. The molecule has 2 aliphatic heterocycles. The van der Waals surface area contributed by atoms with E-state index in [0.29, 0.717) is 12.8 Å². The second-order valence-corrected chi connectivity index (χ2v) is 16.3. The van der Waals surface area contributed by atoms with Gasteiger partial charge in [-0.25, -0.2) is 9.59 Å². The fourth-order valence-corrected chi connectivity index (χ4v) is 8.64. The summed E-state index contributed by atoms with van der Waals surface area (Å²) in [6, 6.07) is 7.02. The van der Waals surface area contributed by atoms with Gasteiger partial charge in [0.1, 0.15) is 48.4 Å². The number of aliphatic carboxylic acids is 1. The van der Waals surface area contributed by atoms with E-state index in [1.165, 1.54) is 19.1 Å². The third-order valence-electron chi connectivity index (χ3n) is 12.0. The zero-order chi connectivity index (χ0) is 45.5. The van der Waals surface area contributed by atoms with Crippen LogP contribution in [0.25, 0.3) is 0 Å². The predicted octanol–water partition coefficient (Wildman–Crippen LogP) is -5.88. The summed E-state index contributed by atoms with van der Waals surface area (Å²) in [7, 11) is 1.11. The molecule has 2 saturated heterocycles. The first-order valence-electron chi connectivity index (χ1n) is 20.9. The van der Waals surface area contributed by atoms with Crippen LogP contribution >= 0.6 is 0 Å².